The first-order valence-corrected chi connectivity index (χ1v) is 6.58. The molecule has 0 aliphatic carbocycles. The van der Waals surface area contributed by atoms with Crippen LogP contribution in [0.25, 0.3) is 0 Å². The van der Waals surface area contributed by atoms with Crippen LogP contribution in [0.15, 0.2) is 22.7 Å². The molecule has 0 aliphatic rings. The second kappa shape index (κ2) is 6.92. The minimum absolute atomic E-state index is 0.374. The molecule has 0 fully saturated rings. The van der Waals surface area contributed by atoms with Gasteiger partial charge in [-0.3, -0.25) is 0 Å². The van der Waals surface area contributed by atoms with Crippen LogP contribution in [0.4, 0.5) is 0 Å². The first kappa shape index (κ1) is 13.5. The molecule has 1 aromatic carbocycles. The van der Waals surface area contributed by atoms with Crippen LogP contribution < -0.4 is 4.74 Å². The molecule has 2 nitrogen and oxygen atoms in total. The number of ether oxygens (including phenoxy) is 1. The molecule has 0 aliphatic heterocycles. The van der Waals surface area contributed by atoms with Gasteiger partial charge in [-0.05, 0) is 46.5 Å². The summed E-state index contributed by atoms with van der Waals surface area (Å²) >= 11 is 3.46. The van der Waals surface area contributed by atoms with Gasteiger partial charge >= 0.3 is 0 Å². The molecule has 0 radical (unpaired) electrons. The minimum atomic E-state index is -0.374. The van der Waals surface area contributed by atoms with Crippen molar-refractivity contribution in [1.29, 1.82) is 0 Å². The van der Waals surface area contributed by atoms with Crippen molar-refractivity contribution in [2.45, 2.75) is 39.2 Å². The molecule has 0 heterocycles. The Balaban J connectivity index is 2.73. The zero-order valence-corrected chi connectivity index (χ0v) is 11.5. The molecule has 0 bridgehead atoms. The second-order valence-corrected chi connectivity index (χ2v) is 4.70. The Labute approximate surface area is 106 Å². The quantitative estimate of drug-likeness (QED) is 0.854. The zero-order valence-electron chi connectivity index (χ0n) is 9.87. The average Bonchev–Trinajstić information content (AvgIpc) is 2.27. The van der Waals surface area contributed by atoms with Gasteiger partial charge in [0, 0.05) is 0 Å². The minimum Gasteiger partial charge on any atom is -0.492 e. The van der Waals surface area contributed by atoms with Gasteiger partial charge in [-0.1, -0.05) is 26.3 Å². The van der Waals surface area contributed by atoms with Crippen molar-refractivity contribution in [3.63, 3.8) is 0 Å². The molecule has 1 unspecified atom stereocenters. The molecule has 3 heteroatoms. The highest BCUT2D eigenvalue weighted by Crippen LogP contribution is 2.29. The van der Waals surface area contributed by atoms with Crippen LogP contribution in [0.5, 0.6) is 5.75 Å². The van der Waals surface area contributed by atoms with Crippen LogP contribution in [0.1, 0.15) is 44.8 Å². The van der Waals surface area contributed by atoms with Crippen LogP contribution in [-0.2, 0) is 0 Å². The summed E-state index contributed by atoms with van der Waals surface area (Å²) in [6.07, 6.45) is 2.39. The van der Waals surface area contributed by atoms with E-state index in [0.29, 0.717) is 0 Å². The van der Waals surface area contributed by atoms with Gasteiger partial charge < -0.3 is 9.84 Å². The molecule has 1 N–H and O–H groups in total. The normalized spacial score (nSPS) is 12.5. The van der Waals surface area contributed by atoms with Crippen molar-refractivity contribution in [2.75, 3.05) is 6.61 Å². The second-order valence-electron chi connectivity index (χ2n) is 3.84. The summed E-state index contributed by atoms with van der Waals surface area (Å²) in [6, 6.07) is 5.77. The van der Waals surface area contributed by atoms with Crippen molar-refractivity contribution in [3.8, 4) is 5.75 Å². The van der Waals surface area contributed by atoms with Gasteiger partial charge in [-0.2, -0.15) is 0 Å². The van der Waals surface area contributed by atoms with Gasteiger partial charge in [-0.15, -0.1) is 0 Å². The molecule has 0 amide bonds. The van der Waals surface area contributed by atoms with Crippen molar-refractivity contribution in [2.24, 2.45) is 0 Å². The number of aliphatic hydroxyl groups excluding tert-OH is 1. The Bertz CT molecular complexity index is 326. The molecule has 0 spiro atoms. The van der Waals surface area contributed by atoms with Gasteiger partial charge in [0.25, 0.3) is 0 Å². The van der Waals surface area contributed by atoms with Crippen LogP contribution in [0, 0.1) is 0 Å². The Hall–Kier alpha value is -0.540. The van der Waals surface area contributed by atoms with Gasteiger partial charge in [0.15, 0.2) is 0 Å². The Morgan fingerprint density at radius 2 is 2.06 bits per heavy atom. The summed E-state index contributed by atoms with van der Waals surface area (Å²) in [5.41, 5.74) is 0.942. The van der Waals surface area contributed by atoms with E-state index in [1.165, 1.54) is 0 Å². The summed E-state index contributed by atoms with van der Waals surface area (Å²) in [7, 11) is 0. The van der Waals surface area contributed by atoms with E-state index in [-0.39, 0.29) is 6.10 Å². The summed E-state index contributed by atoms with van der Waals surface area (Å²) in [4.78, 5) is 0. The van der Waals surface area contributed by atoms with Crippen molar-refractivity contribution in [3.05, 3.63) is 28.2 Å². The predicted molar refractivity (Wildman–Crippen MR) is 69.8 cm³/mol. The highest BCUT2D eigenvalue weighted by molar-refractivity contribution is 9.10. The van der Waals surface area contributed by atoms with Gasteiger partial charge in [0.2, 0.25) is 0 Å². The number of aliphatic hydroxyl groups is 1. The largest absolute Gasteiger partial charge is 0.492 e. The lowest BCUT2D eigenvalue weighted by atomic mass is 10.1. The lowest BCUT2D eigenvalue weighted by Crippen LogP contribution is -1.99. The highest BCUT2D eigenvalue weighted by atomic mass is 79.9. The molecule has 16 heavy (non-hydrogen) atoms. The fourth-order valence-electron chi connectivity index (χ4n) is 1.49. The topological polar surface area (TPSA) is 29.5 Å². The summed E-state index contributed by atoms with van der Waals surface area (Å²) in [6.45, 7) is 4.86. The predicted octanol–water partition coefficient (Wildman–Crippen LogP) is 4.07. The van der Waals surface area contributed by atoms with E-state index in [9.17, 15) is 5.11 Å². The number of hydrogen-bond acceptors (Lipinski definition) is 2. The van der Waals surface area contributed by atoms with Crippen molar-refractivity contribution >= 4 is 15.9 Å². The van der Waals surface area contributed by atoms with E-state index in [4.69, 9.17) is 4.74 Å². The van der Waals surface area contributed by atoms with Crippen molar-refractivity contribution < 1.29 is 9.84 Å². The molecule has 0 aromatic heterocycles. The maximum Gasteiger partial charge on any atom is 0.133 e. The number of hydrogen-bond donors (Lipinski definition) is 1. The lowest BCUT2D eigenvalue weighted by Gasteiger charge is -2.12. The van der Waals surface area contributed by atoms with Gasteiger partial charge in [0.05, 0.1) is 17.2 Å². The number of halogens is 1. The molecular formula is C13H19BrO2. The number of rotatable bonds is 6. The third kappa shape index (κ3) is 3.80. The van der Waals surface area contributed by atoms with E-state index in [1.54, 1.807) is 0 Å². The smallest absolute Gasteiger partial charge is 0.133 e. The van der Waals surface area contributed by atoms with Crippen molar-refractivity contribution in [1.82, 2.24) is 0 Å². The fourth-order valence-corrected chi connectivity index (χ4v) is 2.00. The molecule has 0 saturated carbocycles. The molecule has 1 atom stereocenters. The molecule has 1 aromatic rings. The molecule has 0 saturated heterocycles. The number of benzene rings is 1. The standard InChI is InChI=1S/C13H19BrO2/c1-3-5-12(15)10-6-7-13(11(14)9-10)16-8-4-2/h6-7,9,12,15H,3-5,8H2,1-2H3. The zero-order chi connectivity index (χ0) is 12.0. The molecule has 90 valence electrons. The van der Waals surface area contributed by atoms with Crippen LogP contribution in [0.2, 0.25) is 0 Å². The van der Waals surface area contributed by atoms with Gasteiger partial charge in [-0.25, -0.2) is 0 Å². The maximum absolute atomic E-state index is 9.85. The first-order chi connectivity index (χ1) is 7.69. The third-order valence-corrected chi connectivity index (χ3v) is 2.98. The van der Waals surface area contributed by atoms with Crippen LogP contribution in [-0.4, -0.2) is 11.7 Å². The van der Waals surface area contributed by atoms with E-state index in [1.807, 2.05) is 18.2 Å². The highest BCUT2D eigenvalue weighted by Gasteiger charge is 2.09. The first-order valence-electron chi connectivity index (χ1n) is 5.79. The summed E-state index contributed by atoms with van der Waals surface area (Å²) in [5, 5.41) is 9.85. The average molecular weight is 287 g/mol. The SMILES string of the molecule is CCCOc1ccc(C(O)CCC)cc1Br. The molecule has 1 rings (SSSR count). The summed E-state index contributed by atoms with van der Waals surface area (Å²) in [5.74, 6) is 0.842. The lowest BCUT2D eigenvalue weighted by molar-refractivity contribution is 0.166. The Kier molecular flexibility index (Phi) is 5.85. The Morgan fingerprint density at radius 3 is 2.62 bits per heavy atom. The van der Waals surface area contributed by atoms with E-state index in [0.717, 1.165) is 41.7 Å². The summed E-state index contributed by atoms with van der Waals surface area (Å²) < 4.78 is 6.46. The fraction of sp³-hybridized carbons (Fsp3) is 0.538. The third-order valence-electron chi connectivity index (χ3n) is 2.36. The maximum atomic E-state index is 9.85. The van der Waals surface area contributed by atoms with E-state index in [2.05, 4.69) is 29.8 Å². The van der Waals surface area contributed by atoms with Crippen LogP contribution >= 0.6 is 15.9 Å². The monoisotopic (exact) mass is 286 g/mol. The molecular weight excluding hydrogens is 268 g/mol. The van der Waals surface area contributed by atoms with E-state index < -0.39 is 0 Å². The van der Waals surface area contributed by atoms with Gasteiger partial charge in [0.1, 0.15) is 5.75 Å². The Morgan fingerprint density at radius 1 is 1.31 bits per heavy atom. The van der Waals surface area contributed by atoms with E-state index >= 15 is 0 Å². The van der Waals surface area contributed by atoms with Crippen LogP contribution in [0.3, 0.4) is 0 Å².